The number of nitrogens with zero attached hydrogens (tertiary/aromatic N) is 2. The highest BCUT2D eigenvalue weighted by Crippen LogP contribution is 2.22. The van der Waals surface area contributed by atoms with Crippen molar-refractivity contribution in [3.63, 3.8) is 0 Å². The van der Waals surface area contributed by atoms with Gasteiger partial charge in [0.15, 0.2) is 0 Å². The summed E-state index contributed by atoms with van der Waals surface area (Å²) in [6, 6.07) is 14.7. The van der Waals surface area contributed by atoms with Crippen LogP contribution in [0.4, 0.5) is 10.2 Å². The summed E-state index contributed by atoms with van der Waals surface area (Å²) in [6.07, 6.45) is 0.743. The van der Waals surface area contributed by atoms with E-state index in [9.17, 15) is 4.39 Å². The van der Waals surface area contributed by atoms with Gasteiger partial charge in [-0.2, -0.15) is 0 Å². The smallest absolute Gasteiger partial charge is 0.137 e. The fourth-order valence-corrected chi connectivity index (χ4v) is 2.51. The largest absolute Gasteiger partial charge is 0.369 e. The van der Waals surface area contributed by atoms with Crippen molar-refractivity contribution in [2.45, 2.75) is 26.2 Å². The van der Waals surface area contributed by atoms with Gasteiger partial charge in [-0.1, -0.05) is 38.1 Å². The van der Waals surface area contributed by atoms with Crippen molar-refractivity contribution in [2.24, 2.45) is 0 Å². The van der Waals surface area contributed by atoms with Crippen LogP contribution in [0.1, 0.15) is 31.2 Å². The van der Waals surface area contributed by atoms with E-state index in [-0.39, 0.29) is 11.7 Å². The van der Waals surface area contributed by atoms with Gasteiger partial charge < -0.3 is 5.32 Å². The molecule has 0 spiro atoms. The Bertz CT molecular complexity index is 815. The van der Waals surface area contributed by atoms with Crippen molar-refractivity contribution >= 4 is 16.7 Å². The summed E-state index contributed by atoms with van der Waals surface area (Å²) < 4.78 is 13.2. The van der Waals surface area contributed by atoms with Gasteiger partial charge in [-0.3, -0.25) is 0 Å². The second kappa shape index (κ2) is 6.73. The predicted octanol–water partition coefficient (Wildman–Crippen LogP) is 4.55. The number of rotatable bonds is 5. The van der Waals surface area contributed by atoms with Crippen molar-refractivity contribution in [1.29, 1.82) is 0 Å². The van der Waals surface area contributed by atoms with Gasteiger partial charge in [-0.15, -0.1) is 0 Å². The van der Waals surface area contributed by atoms with Gasteiger partial charge in [0.2, 0.25) is 0 Å². The summed E-state index contributed by atoms with van der Waals surface area (Å²) >= 11 is 0. The molecule has 1 N–H and O–H groups in total. The highest BCUT2D eigenvalue weighted by molar-refractivity contribution is 5.89. The topological polar surface area (TPSA) is 37.8 Å². The highest BCUT2D eigenvalue weighted by Gasteiger charge is 2.09. The van der Waals surface area contributed by atoms with Gasteiger partial charge in [0.05, 0.1) is 5.52 Å². The van der Waals surface area contributed by atoms with E-state index in [1.54, 1.807) is 12.1 Å². The maximum atomic E-state index is 13.2. The third kappa shape index (κ3) is 3.65. The molecule has 0 aliphatic carbocycles. The molecule has 3 rings (SSSR count). The number of fused-ring (bicyclic) bond motifs is 1. The molecule has 0 radical (unpaired) electrons. The Kier molecular flexibility index (Phi) is 4.51. The number of para-hydroxylation sites is 1. The van der Waals surface area contributed by atoms with E-state index < -0.39 is 0 Å². The Morgan fingerprint density at radius 1 is 1.04 bits per heavy atom. The Balaban J connectivity index is 1.81. The van der Waals surface area contributed by atoms with Gasteiger partial charge in [-0.05, 0) is 36.2 Å². The van der Waals surface area contributed by atoms with E-state index in [0.29, 0.717) is 6.54 Å². The van der Waals surface area contributed by atoms with Crippen molar-refractivity contribution in [1.82, 2.24) is 9.97 Å². The van der Waals surface area contributed by atoms with E-state index in [0.717, 1.165) is 34.5 Å². The van der Waals surface area contributed by atoms with Gasteiger partial charge >= 0.3 is 0 Å². The fourth-order valence-electron chi connectivity index (χ4n) is 2.51. The molecule has 118 valence electrons. The summed E-state index contributed by atoms with van der Waals surface area (Å²) in [7, 11) is 0. The molecule has 0 amide bonds. The zero-order chi connectivity index (χ0) is 16.2. The minimum absolute atomic E-state index is 0.197. The van der Waals surface area contributed by atoms with Crippen LogP contribution in [0.25, 0.3) is 10.9 Å². The molecule has 0 aliphatic rings. The summed E-state index contributed by atoms with van der Waals surface area (Å²) in [6.45, 7) is 4.86. The first-order valence-corrected chi connectivity index (χ1v) is 7.88. The molecular weight excluding hydrogens is 289 g/mol. The minimum Gasteiger partial charge on any atom is -0.369 e. The maximum absolute atomic E-state index is 13.2. The average molecular weight is 309 g/mol. The quantitative estimate of drug-likeness (QED) is 0.751. The first-order valence-electron chi connectivity index (χ1n) is 7.88. The molecule has 3 nitrogen and oxygen atoms in total. The summed E-state index contributed by atoms with van der Waals surface area (Å²) in [5.41, 5.74) is 1.92. The minimum atomic E-state index is -0.197. The zero-order valence-corrected chi connectivity index (χ0v) is 13.4. The molecular formula is C19H20FN3. The number of nitrogens with one attached hydrogen (secondary N) is 1. The number of halogens is 1. The van der Waals surface area contributed by atoms with E-state index in [2.05, 4.69) is 29.1 Å². The molecule has 0 saturated carbocycles. The van der Waals surface area contributed by atoms with Crippen LogP contribution in [0, 0.1) is 5.82 Å². The molecule has 0 saturated heterocycles. The molecule has 1 aromatic heterocycles. The number of benzene rings is 2. The zero-order valence-electron chi connectivity index (χ0n) is 13.4. The number of aromatic nitrogens is 2. The SMILES string of the molecule is CC(C)c1nc(NCCc2cccc(F)c2)c2ccccc2n1. The molecule has 0 fully saturated rings. The van der Waals surface area contributed by atoms with Crippen molar-refractivity contribution in [3.8, 4) is 0 Å². The Morgan fingerprint density at radius 3 is 2.65 bits per heavy atom. The van der Waals surface area contributed by atoms with Crippen LogP contribution in [0.5, 0.6) is 0 Å². The molecule has 1 heterocycles. The van der Waals surface area contributed by atoms with E-state index >= 15 is 0 Å². The molecule has 0 aliphatic heterocycles. The molecule has 4 heteroatoms. The average Bonchev–Trinajstić information content (AvgIpc) is 2.54. The number of anilines is 1. The lowest BCUT2D eigenvalue weighted by Gasteiger charge is -2.12. The summed E-state index contributed by atoms with van der Waals surface area (Å²) in [4.78, 5) is 9.27. The van der Waals surface area contributed by atoms with Crippen molar-refractivity contribution < 1.29 is 4.39 Å². The van der Waals surface area contributed by atoms with Crippen LogP contribution in [0.2, 0.25) is 0 Å². The molecule has 0 bridgehead atoms. The first kappa shape index (κ1) is 15.4. The van der Waals surface area contributed by atoms with E-state index in [1.165, 1.54) is 6.07 Å². The van der Waals surface area contributed by atoms with Crippen molar-refractivity contribution in [3.05, 3.63) is 65.7 Å². The number of hydrogen-bond acceptors (Lipinski definition) is 3. The van der Waals surface area contributed by atoms with E-state index in [1.807, 2.05) is 30.3 Å². The van der Waals surface area contributed by atoms with Crippen LogP contribution in [-0.4, -0.2) is 16.5 Å². The molecule has 3 aromatic rings. The molecule has 0 unspecified atom stereocenters. The van der Waals surface area contributed by atoms with E-state index in [4.69, 9.17) is 0 Å². The lowest BCUT2D eigenvalue weighted by atomic mass is 10.1. The fraction of sp³-hybridized carbons (Fsp3) is 0.263. The first-order chi connectivity index (χ1) is 11.1. The Hall–Kier alpha value is -2.49. The standard InChI is InChI=1S/C19H20FN3/c1-13(2)18-22-17-9-4-3-8-16(17)19(23-18)21-11-10-14-6-5-7-15(20)12-14/h3-9,12-13H,10-11H2,1-2H3,(H,21,22,23). The van der Waals surface area contributed by atoms with Crippen LogP contribution in [-0.2, 0) is 6.42 Å². The Morgan fingerprint density at radius 2 is 1.87 bits per heavy atom. The lowest BCUT2D eigenvalue weighted by molar-refractivity contribution is 0.625. The second-order valence-corrected chi connectivity index (χ2v) is 5.91. The molecule has 23 heavy (non-hydrogen) atoms. The van der Waals surface area contributed by atoms with Crippen LogP contribution in [0.15, 0.2) is 48.5 Å². The third-order valence-corrected chi connectivity index (χ3v) is 3.73. The maximum Gasteiger partial charge on any atom is 0.137 e. The van der Waals surface area contributed by atoms with Crippen molar-refractivity contribution in [2.75, 3.05) is 11.9 Å². The van der Waals surface area contributed by atoms with Gasteiger partial charge in [0, 0.05) is 17.8 Å². The Labute approximate surface area is 135 Å². The number of hydrogen-bond donors (Lipinski definition) is 1. The summed E-state index contributed by atoms with van der Waals surface area (Å²) in [5, 5.41) is 4.39. The molecule has 2 aromatic carbocycles. The van der Waals surface area contributed by atoms with Gasteiger partial charge in [0.25, 0.3) is 0 Å². The summed E-state index contributed by atoms with van der Waals surface area (Å²) in [5.74, 6) is 1.74. The lowest BCUT2D eigenvalue weighted by Crippen LogP contribution is -2.09. The normalized spacial score (nSPS) is 11.1. The second-order valence-electron chi connectivity index (χ2n) is 5.91. The predicted molar refractivity (Wildman–Crippen MR) is 92.2 cm³/mol. The van der Waals surface area contributed by atoms with Crippen LogP contribution in [0.3, 0.4) is 0 Å². The van der Waals surface area contributed by atoms with Crippen LogP contribution < -0.4 is 5.32 Å². The molecule has 0 atom stereocenters. The highest BCUT2D eigenvalue weighted by atomic mass is 19.1. The van der Waals surface area contributed by atoms with Crippen LogP contribution >= 0.6 is 0 Å². The third-order valence-electron chi connectivity index (χ3n) is 3.73. The monoisotopic (exact) mass is 309 g/mol. The van der Waals surface area contributed by atoms with Gasteiger partial charge in [-0.25, -0.2) is 14.4 Å². The van der Waals surface area contributed by atoms with Gasteiger partial charge in [0.1, 0.15) is 17.5 Å².